The van der Waals surface area contributed by atoms with Crippen LogP contribution in [0, 0.1) is 5.82 Å². The molecule has 122 valence electrons. The normalized spacial score (nSPS) is 18.0. The second-order valence-corrected chi connectivity index (χ2v) is 5.98. The smallest absolute Gasteiger partial charge is 0.129 e. The van der Waals surface area contributed by atoms with Crippen LogP contribution in [0.4, 0.5) is 4.39 Å². The molecule has 1 N–H and O–H groups in total. The van der Waals surface area contributed by atoms with E-state index in [1.54, 1.807) is 24.4 Å². The summed E-state index contributed by atoms with van der Waals surface area (Å²) in [5.41, 5.74) is 1.60. The molecule has 0 spiro atoms. The number of aliphatic hydroxyl groups is 1. The molecule has 1 aromatic carbocycles. The molecule has 1 unspecified atom stereocenters. The molecule has 3 rings (SSSR count). The second kappa shape index (κ2) is 7.64. The van der Waals surface area contributed by atoms with Gasteiger partial charge in [-0.1, -0.05) is 24.3 Å². The first-order chi connectivity index (χ1) is 11.2. The molecule has 23 heavy (non-hydrogen) atoms. The topological polar surface area (TPSA) is 39.6 Å². The Bertz CT molecular complexity index is 615. The van der Waals surface area contributed by atoms with E-state index in [-0.39, 0.29) is 5.82 Å². The molecule has 0 bridgehead atoms. The number of aliphatic hydroxyl groups excluding tert-OH is 1. The van der Waals surface area contributed by atoms with Crippen LogP contribution >= 0.6 is 0 Å². The van der Waals surface area contributed by atoms with Crippen LogP contribution in [0.15, 0.2) is 48.8 Å². The van der Waals surface area contributed by atoms with E-state index in [0.29, 0.717) is 12.1 Å². The largest absolute Gasteiger partial charge is 0.387 e. The first-order valence-corrected chi connectivity index (χ1v) is 7.98. The lowest BCUT2D eigenvalue weighted by atomic mass is 10.1. The number of halogens is 1. The van der Waals surface area contributed by atoms with E-state index in [0.717, 1.165) is 32.7 Å². The van der Waals surface area contributed by atoms with Crippen molar-refractivity contribution in [3.8, 4) is 0 Å². The predicted molar refractivity (Wildman–Crippen MR) is 87.3 cm³/mol. The second-order valence-electron chi connectivity index (χ2n) is 5.98. The molecule has 0 amide bonds. The fourth-order valence-corrected chi connectivity index (χ4v) is 2.97. The summed E-state index contributed by atoms with van der Waals surface area (Å²) < 4.78 is 13.7. The molecule has 1 aromatic heterocycles. The van der Waals surface area contributed by atoms with Gasteiger partial charge in [0.15, 0.2) is 0 Å². The Hall–Kier alpha value is -1.82. The van der Waals surface area contributed by atoms with E-state index in [4.69, 9.17) is 0 Å². The molecule has 5 heteroatoms. The van der Waals surface area contributed by atoms with Crippen molar-refractivity contribution in [2.24, 2.45) is 0 Å². The Morgan fingerprint density at radius 1 is 1.04 bits per heavy atom. The van der Waals surface area contributed by atoms with Crippen LogP contribution < -0.4 is 0 Å². The lowest BCUT2D eigenvalue weighted by molar-refractivity contribution is 0.0685. The van der Waals surface area contributed by atoms with E-state index >= 15 is 0 Å². The Morgan fingerprint density at radius 3 is 2.48 bits per heavy atom. The van der Waals surface area contributed by atoms with Gasteiger partial charge in [-0.15, -0.1) is 0 Å². The third kappa shape index (κ3) is 4.34. The van der Waals surface area contributed by atoms with Crippen LogP contribution in [0.1, 0.15) is 17.2 Å². The van der Waals surface area contributed by atoms with Gasteiger partial charge in [0.1, 0.15) is 5.82 Å². The highest BCUT2D eigenvalue weighted by Gasteiger charge is 2.21. The molecule has 1 atom stereocenters. The maximum Gasteiger partial charge on any atom is 0.129 e. The highest BCUT2D eigenvalue weighted by molar-refractivity contribution is 5.20. The van der Waals surface area contributed by atoms with Crippen molar-refractivity contribution in [1.29, 1.82) is 0 Å². The van der Waals surface area contributed by atoms with Crippen LogP contribution in [-0.2, 0) is 6.54 Å². The number of pyridine rings is 1. The molecule has 1 aliphatic rings. The van der Waals surface area contributed by atoms with Gasteiger partial charge in [-0.2, -0.15) is 0 Å². The molecule has 2 heterocycles. The monoisotopic (exact) mass is 315 g/mol. The molecule has 4 nitrogen and oxygen atoms in total. The summed E-state index contributed by atoms with van der Waals surface area (Å²) in [6.07, 6.45) is 2.90. The Balaban J connectivity index is 1.48. The summed E-state index contributed by atoms with van der Waals surface area (Å²) in [6.45, 7) is 5.02. The Labute approximate surface area is 136 Å². The van der Waals surface area contributed by atoms with Gasteiger partial charge in [0.2, 0.25) is 0 Å². The molecule has 1 aliphatic heterocycles. The first kappa shape index (κ1) is 16.1. The molecule has 0 aliphatic carbocycles. The Kier molecular flexibility index (Phi) is 5.33. The van der Waals surface area contributed by atoms with Gasteiger partial charge in [-0.05, 0) is 17.7 Å². The average Bonchev–Trinajstić information content (AvgIpc) is 2.58. The van der Waals surface area contributed by atoms with E-state index in [1.807, 2.05) is 12.3 Å². The third-order valence-corrected chi connectivity index (χ3v) is 4.29. The van der Waals surface area contributed by atoms with Crippen molar-refractivity contribution in [3.63, 3.8) is 0 Å². The number of hydrogen-bond donors (Lipinski definition) is 1. The number of hydrogen-bond acceptors (Lipinski definition) is 4. The minimum atomic E-state index is -0.777. The standard InChI is InChI=1S/C18H22FN3O/c19-17-6-2-1-5-16(17)18(23)14-22-10-8-21(9-11-22)13-15-4-3-7-20-12-15/h1-7,12,18,23H,8-11,13-14H2. The van der Waals surface area contributed by atoms with E-state index in [1.165, 1.54) is 11.6 Å². The van der Waals surface area contributed by atoms with Gasteiger partial charge < -0.3 is 5.11 Å². The molecule has 0 radical (unpaired) electrons. The molecular formula is C18H22FN3O. The number of aromatic nitrogens is 1. The van der Waals surface area contributed by atoms with Crippen LogP contribution in [-0.4, -0.2) is 52.6 Å². The number of piperazine rings is 1. The van der Waals surface area contributed by atoms with E-state index in [9.17, 15) is 9.50 Å². The van der Waals surface area contributed by atoms with Gasteiger partial charge in [-0.3, -0.25) is 14.8 Å². The highest BCUT2D eigenvalue weighted by Crippen LogP contribution is 2.18. The van der Waals surface area contributed by atoms with Gasteiger partial charge in [0.25, 0.3) is 0 Å². The summed E-state index contributed by atoms with van der Waals surface area (Å²) in [5.74, 6) is -0.338. The van der Waals surface area contributed by atoms with Crippen LogP contribution in [0.5, 0.6) is 0 Å². The quantitative estimate of drug-likeness (QED) is 0.917. The predicted octanol–water partition coefficient (Wildman–Crippen LogP) is 2.07. The van der Waals surface area contributed by atoms with Crippen LogP contribution in [0.2, 0.25) is 0 Å². The maximum absolute atomic E-state index is 13.7. The number of β-amino-alcohol motifs (C(OH)–C–C–N with tert-alkyl or cyclic N) is 1. The molecule has 2 aromatic rings. The van der Waals surface area contributed by atoms with E-state index < -0.39 is 6.10 Å². The van der Waals surface area contributed by atoms with Gasteiger partial charge in [0.05, 0.1) is 6.10 Å². The van der Waals surface area contributed by atoms with Crippen molar-refractivity contribution in [3.05, 3.63) is 65.7 Å². The molecule has 1 saturated heterocycles. The van der Waals surface area contributed by atoms with E-state index in [2.05, 4.69) is 20.9 Å². The molecular weight excluding hydrogens is 293 g/mol. The van der Waals surface area contributed by atoms with Gasteiger partial charge in [0, 0.05) is 57.2 Å². The van der Waals surface area contributed by atoms with Crippen molar-refractivity contribution in [2.75, 3.05) is 32.7 Å². The number of rotatable bonds is 5. The lowest BCUT2D eigenvalue weighted by Crippen LogP contribution is -2.47. The average molecular weight is 315 g/mol. The summed E-state index contributed by atoms with van der Waals surface area (Å²) in [6, 6.07) is 10.5. The molecule has 0 saturated carbocycles. The summed E-state index contributed by atoms with van der Waals surface area (Å²) >= 11 is 0. The maximum atomic E-state index is 13.7. The van der Waals surface area contributed by atoms with Crippen molar-refractivity contribution < 1.29 is 9.50 Å². The summed E-state index contributed by atoms with van der Waals surface area (Å²) in [4.78, 5) is 8.71. The van der Waals surface area contributed by atoms with Crippen LogP contribution in [0.25, 0.3) is 0 Å². The minimum Gasteiger partial charge on any atom is -0.387 e. The summed E-state index contributed by atoms with van der Waals surface area (Å²) in [7, 11) is 0. The summed E-state index contributed by atoms with van der Waals surface area (Å²) in [5, 5.41) is 10.3. The van der Waals surface area contributed by atoms with Crippen LogP contribution in [0.3, 0.4) is 0 Å². The highest BCUT2D eigenvalue weighted by atomic mass is 19.1. The number of benzene rings is 1. The van der Waals surface area contributed by atoms with Gasteiger partial charge >= 0.3 is 0 Å². The fourth-order valence-electron chi connectivity index (χ4n) is 2.97. The zero-order chi connectivity index (χ0) is 16.1. The van der Waals surface area contributed by atoms with Gasteiger partial charge in [-0.25, -0.2) is 4.39 Å². The van der Waals surface area contributed by atoms with Crippen molar-refractivity contribution in [2.45, 2.75) is 12.6 Å². The lowest BCUT2D eigenvalue weighted by Gasteiger charge is -2.35. The Morgan fingerprint density at radius 2 is 1.78 bits per heavy atom. The fraction of sp³-hybridized carbons (Fsp3) is 0.389. The van der Waals surface area contributed by atoms with Crippen molar-refractivity contribution >= 4 is 0 Å². The number of nitrogens with zero attached hydrogens (tertiary/aromatic N) is 3. The molecule has 1 fully saturated rings. The SMILES string of the molecule is OC(CN1CCN(Cc2cccnc2)CC1)c1ccccc1F. The minimum absolute atomic E-state index is 0.338. The third-order valence-electron chi connectivity index (χ3n) is 4.29. The first-order valence-electron chi connectivity index (χ1n) is 7.98. The zero-order valence-corrected chi connectivity index (χ0v) is 13.1. The zero-order valence-electron chi connectivity index (χ0n) is 13.1. The van der Waals surface area contributed by atoms with Crippen molar-refractivity contribution in [1.82, 2.24) is 14.8 Å².